The predicted molar refractivity (Wildman–Crippen MR) is 120 cm³/mol. The molecule has 0 saturated carbocycles. The van der Waals surface area contributed by atoms with E-state index in [2.05, 4.69) is 21.2 Å². The first-order valence-corrected chi connectivity index (χ1v) is 10.8. The molecule has 2 N–H and O–H groups in total. The molecule has 0 fully saturated rings. The van der Waals surface area contributed by atoms with Crippen LogP contribution in [0.15, 0.2) is 58.0 Å². The Labute approximate surface area is 185 Å². The van der Waals surface area contributed by atoms with E-state index in [0.717, 1.165) is 15.6 Å². The van der Waals surface area contributed by atoms with Gasteiger partial charge in [-0.25, -0.2) is 4.99 Å². The lowest BCUT2D eigenvalue weighted by Gasteiger charge is -2.25. The number of carbonyl (C=O) groups is 1. The smallest absolute Gasteiger partial charge is 0.252 e. The number of aliphatic hydroxyl groups is 1. The van der Waals surface area contributed by atoms with Gasteiger partial charge in [-0.3, -0.25) is 4.79 Å². The van der Waals surface area contributed by atoms with Crippen LogP contribution in [0.5, 0.6) is 5.75 Å². The number of nitrogens with one attached hydrogen (secondary N) is 1. The third-order valence-corrected chi connectivity index (χ3v) is 5.49. The molecule has 0 aromatic heterocycles. The van der Waals surface area contributed by atoms with Crippen molar-refractivity contribution in [1.29, 1.82) is 0 Å². The molecule has 0 bridgehead atoms. The van der Waals surface area contributed by atoms with Crippen LogP contribution in [0.25, 0.3) is 0 Å². The standard InChI is InChI=1S/C23H27BrN2O4/c1-16(2)25-22(28)23(14-18-6-3-4-7-20(18)24)15-30-21(26-23)17-8-10-19(11-9-17)29-13-5-12-27/h3-4,6-11,16,27H,5,12-15H2,1-2H3,(H,25,28)/t23-/m1/s1. The quantitative estimate of drug-likeness (QED) is 0.545. The van der Waals surface area contributed by atoms with E-state index in [4.69, 9.17) is 19.6 Å². The van der Waals surface area contributed by atoms with Crippen LogP contribution < -0.4 is 10.1 Å². The average Bonchev–Trinajstić information content (AvgIpc) is 3.15. The molecule has 0 spiro atoms. The van der Waals surface area contributed by atoms with Crippen LogP contribution in [0.1, 0.15) is 31.4 Å². The van der Waals surface area contributed by atoms with Crippen molar-refractivity contribution in [2.45, 2.75) is 38.3 Å². The summed E-state index contributed by atoms with van der Waals surface area (Å²) >= 11 is 3.57. The maximum atomic E-state index is 13.1. The summed E-state index contributed by atoms with van der Waals surface area (Å²) in [7, 11) is 0. The third kappa shape index (κ3) is 5.40. The maximum Gasteiger partial charge on any atom is 0.252 e. The van der Waals surface area contributed by atoms with E-state index in [0.29, 0.717) is 31.1 Å². The average molecular weight is 475 g/mol. The van der Waals surface area contributed by atoms with Crippen molar-refractivity contribution in [3.8, 4) is 5.75 Å². The normalized spacial score (nSPS) is 18.1. The Morgan fingerprint density at radius 3 is 2.67 bits per heavy atom. The first kappa shape index (κ1) is 22.3. The molecular weight excluding hydrogens is 448 g/mol. The largest absolute Gasteiger partial charge is 0.494 e. The lowest BCUT2D eigenvalue weighted by molar-refractivity contribution is -0.127. The number of hydrogen-bond donors (Lipinski definition) is 2. The van der Waals surface area contributed by atoms with Gasteiger partial charge in [-0.1, -0.05) is 34.1 Å². The lowest BCUT2D eigenvalue weighted by atomic mass is 9.91. The molecule has 6 nitrogen and oxygen atoms in total. The zero-order valence-corrected chi connectivity index (χ0v) is 18.8. The van der Waals surface area contributed by atoms with Gasteiger partial charge >= 0.3 is 0 Å². The lowest BCUT2D eigenvalue weighted by Crippen LogP contribution is -2.50. The van der Waals surface area contributed by atoms with Gasteiger partial charge in [0, 0.05) is 35.5 Å². The van der Waals surface area contributed by atoms with Crippen LogP contribution in [0, 0.1) is 0 Å². The zero-order chi connectivity index (χ0) is 21.6. The van der Waals surface area contributed by atoms with Crippen molar-refractivity contribution in [2.75, 3.05) is 19.8 Å². The number of aliphatic imine (C=N–C) groups is 1. The van der Waals surface area contributed by atoms with E-state index in [1.165, 1.54) is 0 Å². The molecule has 0 aliphatic carbocycles. The molecule has 0 radical (unpaired) electrons. The van der Waals surface area contributed by atoms with Gasteiger partial charge in [-0.2, -0.15) is 0 Å². The summed E-state index contributed by atoms with van der Waals surface area (Å²) in [5.74, 6) is 1.01. The minimum absolute atomic E-state index is 0.00296. The second-order valence-electron chi connectivity index (χ2n) is 7.58. The molecule has 1 heterocycles. The first-order chi connectivity index (χ1) is 14.4. The fourth-order valence-electron chi connectivity index (χ4n) is 3.18. The van der Waals surface area contributed by atoms with Gasteiger partial charge < -0.3 is 19.9 Å². The molecule has 1 aliphatic heterocycles. The van der Waals surface area contributed by atoms with E-state index >= 15 is 0 Å². The number of rotatable bonds is 9. The summed E-state index contributed by atoms with van der Waals surface area (Å²) in [5, 5.41) is 11.8. The van der Waals surface area contributed by atoms with Crippen LogP contribution in [0.3, 0.4) is 0 Å². The fraction of sp³-hybridized carbons (Fsp3) is 0.391. The number of nitrogens with zero attached hydrogens (tertiary/aromatic N) is 1. The van der Waals surface area contributed by atoms with Crippen molar-refractivity contribution in [3.63, 3.8) is 0 Å². The summed E-state index contributed by atoms with van der Waals surface area (Å²) in [6.07, 6.45) is 1.01. The molecule has 30 heavy (non-hydrogen) atoms. The Kier molecular flexibility index (Phi) is 7.50. The highest BCUT2D eigenvalue weighted by molar-refractivity contribution is 9.10. The molecule has 2 aromatic carbocycles. The highest BCUT2D eigenvalue weighted by Crippen LogP contribution is 2.30. The predicted octanol–water partition coefficient (Wildman–Crippen LogP) is 3.49. The van der Waals surface area contributed by atoms with Crippen molar-refractivity contribution in [3.05, 3.63) is 64.1 Å². The minimum Gasteiger partial charge on any atom is -0.494 e. The Morgan fingerprint density at radius 2 is 2.00 bits per heavy atom. The van der Waals surface area contributed by atoms with Gasteiger partial charge in [0.05, 0.1) is 6.61 Å². The molecule has 1 atom stereocenters. The van der Waals surface area contributed by atoms with Crippen LogP contribution in [0.4, 0.5) is 0 Å². The van der Waals surface area contributed by atoms with Crippen LogP contribution in [-0.4, -0.2) is 48.3 Å². The first-order valence-electron chi connectivity index (χ1n) is 10.0. The summed E-state index contributed by atoms with van der Waals surface area (Å²) in [5.41, 5.74) is 0.758. The summed E-state index contributed by atoms with van der Waals surface area (Å²) in [4.78, 5) is 17.9. The topological polar surface area (TPSA) is 80.2 Å². The van der Waals surface area contributed by atoms with E-state index in [9.17, 15) is 4.79 Å². The number of benzene rings is 2. The number of amides is 1. The van der Waals surface area contributed by atoms with Gasteiger partial charge in [0.25, 0.3) is 5.91 Å². The van der Waals surface area contributed by atoms with Crippen molar-refractivity contribution >= 4 is 27.7 Å². The third-order valence-electron chi connectivity index (χ3n) is 4.72. The summed E-state index contributed by atoms with van der Waals surface area (Å²) in [6.45, 7) is 4.59. The van der Waals surface area contributed by atoms with Gasteiger partial charge in [0.15, 0.2) is 5.54 Å². The van der Waals surface area contributed by atoms with E-state index in [-0.39, 0.29) is 25.2 Å². The molecule has 0 unspecified atom stereocenters. The minimum atomic E-state index is -1.03. The van der Waals surface area contributed by atoms with Gasteiger partial charge in [-0.15, -0.1) is 0 Å². The van der Waals surface area contributed by atoms with Gasteiger partial charge in [0.1, 0.15) is 12.4 Å². The van der Waals surface area contributed by atoms with Gasteiger partial charge in [-0.05, 0) is 49.7 Å². The molecule has 160 valence electrons. The number of aliphatic hydroxyl groups excluding tert-OH is 1. The highest BCUT2D eigenvalue weighted by atomic mass is 79.9. The van der Waals surface area contributed by atoms with Crippen molar-refractivity contribution < 1.29 is 19.4 Å². The van der Waals surface area contributed by atoms with E-state index in [1.54, 1.807) is 0 Å². The zero-order valence-electron chi connectivity index (χ0n) is 17.2. The van der Waals surface area contributed by atoms with Crippen LogP contribution in [-0.2, 0) is 16.0 Å². The molecule has 3 rings (SSSR count). The Morgan fingerprint density at radius 1 is 1.27 bits per heavy atom. The van der Waals surface area contributed by atoms with Crippen molar-refractivity contribution in [1.82, 2.24) is 5.32 Å². The molecule has 0 saturated heterocycles. The number of hydrogen-bond acceptors (Lipinski definition) is 5. The SMILES string of the molecule is CC(C)NC(=O)[C@@]1(Cc2ccccc2Br)COC(c2ccc(OCCCO)cc2)=N1. The summed E-state index contributed by atoms with van der Waals surface area (Å²) < 4.78 is 12.4. The van der Waals surface area contributed by atoms with Crippen molar-refractivity contribution in [2.24, 2.45) is 4.99 Å². The second-order valence-corrected chi connectivity index (χ2v) is 8.44. The molecule has 1 amide bonds. The van der Waals surface area contributed by atoms with E-state index in [1.807, 2.05) is 62.4 Å². The molecular formula is C23H27BrN2O4. The monoisotopic (exact) mass is 474 g/mol. The fourth-order valence-corrected chi connectivity index (χ4v) is 3.61. The highest BCUT2D eigenvalue weighted by Gasteiger charge is 2.45. The number of carbonyl (C=O) groups excluding carboxylic acids is 1. The van der Waals surface area contributed by atoms with Crippen LogP contribution >= 0.6 is 15.9 Å². The van der Waals surface area contributed by atoms with Crippen LogP contribution in [0.2, 0.25) is 0 Å². The Balaban J connectivity index is 1.85. The van der Waals surface area contributed by atoms with Gasteiger partial charge in [0.2, 0.25) is 5.90 Å². The second kappa shape index (κ2) is 10.1. The Hall–Kier alpha value is -2.38. The number of ether oxygens (including phenoxy) is 2. The molecule has 2 aromatic rings. The Bertz CT molecular complexity index is 898. The molecule has 7 heteroatoms. The molecule has 1 aliphatic rings. The number of halogens is 1. The maximum absolute atomic E-state index is 13.1. The van der Waals surface area contributed by atoms with E-state index < -0.39 is 5.54 Å². The summed E-state index contributed by atoms with van der Waals surface area (Å²) in [6, 6.07) is 15.2.